The lowest BCUT2D eigenvalue weighted by Gasteiger charge is -2.07. The molecule has 4 N–H and O–H groups in total. The number of nitrogens with two attached hydrogens (primary N) is 1. The molecule has 0 bridgehead atoms. The lowest BCUT2D eigenvalue weighted by Crippen LogP contribution is -2.26. The van der Waals surface area contributed by atoms with Gasteiger partial charge in [-0.05, 0) is 12.1 Å². The van der Waals surface area contributed by atoms with Crippen molar-refractivity contribution in [2.24, 2.45) is 5.84 Å². The van der Waals surface area contributed by atoms with Gasteiger partial charge in [-0.1, -0.05) is 24.8 Å². The second-order valence-electron chi connectivity index (χ2n) is 2.48. The monoisotopic (exact) mass is 163 g/mol. The predicted molar refractivity (Wildman–Crippen MR) is 51.4 cm³/mol. The Morgan fingerprint density at radius 3 is 2.58 bits per heavy atom. The molecule has 1 aromatic carbocycles. The molecule has 0 aliphatic carbocycles. The highest BCUT2D eigenvalue weighted by atomic mass is 15.2. The first kappa shape index (κ1) is 8.77. The minimum absolute atomic E-state index is 0.564. The van der Waals surface area contributed by atoms with Gasteiger partial charge in [0.05, 0.1) is 0 Å². The summed E-state index contributed by atoms with van der Waals surface area (Å²) < 4.78 is 0. The van der Waals surface area contributed by atoms with Crippen molar-refractivity contribution in [3.8, 4) is 0 Å². The number of benzene rings is 1. The van der Waals surface area contributed by atoms with Gasteiger partial charge in [-0.3, -0.25) is 11.3 Å². The van der Waals surface area contributed by atoms with E-state index >= 15 is 0 Å². The van der Waals surface area contributed by atoms with Gasteiger partial charge in [0, 0.05) is 17.9 Å². The van der Waals surface area contributed by atoms with E-state index < -0.39 is 0 Å². The fourth-order valence-electron chi connectivity index (χ4n) is 0.893. The Morgan fingerprint density at radius 2 is 2.00 bits per heavy atom. The SMILES string of the molecule is C=C(CNN)Nc1ccccc1. The summed E-state index contributed by atoms with van der Waals surface area (Å²) in [5.74, 6) is 5.13. The van der Waals surface area contributed by atoms with Crippen LogP contribution < -0.4 is 16.6 Å². The molecule has 0 heterocycles. The molecule has 3 heteroatoms. The molecule has 0 atom stereocenters. The fraction of sp³-hybridized carbons (Fsp3) is 0.111. The summed E-state index contributed by atoms with van der Waals surface area (Å²) in [5.41, 5.74) is 4.40. The average molecular weight is 163 g/mol. The Bertz CT molecular complexity index is 243. The van der Waals surface area contributed by atoms with E-state index in [2.05, 4.69) is 17.3 Å². The van der Waals surface area contributed by atoms with E-state index in [1.807, 2.05) is 30.3 Å². The molecule has 0 saturated heterocycles. The van der Waals surface area contributed by atoms with Crippen molar-refractivity contribution in [2.45, 2.75) is 0 Å². The molecule has 0 fully saturated rings. The van der Waals surface area contributed by atoms with E-state index in [9.17, 15) is 0 Å². The molecule has 0 saturated carbocycles. The van der Waals surface area contributed by atoms with Gasteiger partial charge in [0.15, 0.2) is 0 Å². The highest BCUT2D eigenvalue weighted by molar-refractivity contribution is 5.47. The summed E-state index contributed by atoms with van der Waals surface area (Å²) in [7, 11) is 0. The zero-order chi connectivity index (χ0) is 8.81. The zero-order valence-corrected chi connectivity index (χ0v) is 6.88. The lowest BCUT2D eigenvalue weighted by atomic mass is 10.3. The topological polar surface area (TPSA) is 50.1 Å². The lowest BCUT2D eigenvalue weighted by molar-refractivity contribution is 0.800. The van der Waals surface area contributed by atoms with Crippen LogP contribution in [0.4, 0.5) is 5.69 Å². The van der Waals surface area contributed by atoms with Crippen LogP contribution in [0.25, 0.3) is 0 Å². The first-order chi connectivity index (χ1) is 5.83. The number of hydrogen-bond donors (Lipinski definition) is 3. The molecule has 0 aliphatic heterocycles. The van der Waals surface area contributed by atoms with Crippen LogP contribution >= 0.6 is 0 Å². The first-order valence-corrected chi connectivity index (χ1v) is 3.76. The highest BCUT2D eigenvalue weighted by Crippen LogP contribution is 2.06. The van der Waals surface area contributed by atoms with E-state index in [1.165, 1.54) is 0 Å². The van der Waals surface area contributed by atoms with Gasteiger partial charge in [0.25, 0.3) is 0 Å². The number of hydrazine groups is 1. The smallest absolute Gasteiger partial charge is 0.0493 e. The Kier molecular flexibility index (Phi) is 3.32. The van der Waals surface area contributed by atoms with Gasteiger partial charge >= 0.3 is 0 Å². The minimum Gasteiger partial charge on any atom is -0.358 e. The van der Waals surface area contributed by atoms with Gasteiger partial charge in [0.1, 0.15) is 0 Å². The van der Waals surface area contributed by atoms with Crippen LogP contribution in [0.5, 0.6) is 0 Å². The van der Waals surface area contributed by atoms with Crippen molar-refractivity contribution in [1.29, 1.82) is 0 Å². The van der Waals surface area contributed by atoms with Crippen molar-refractivity contribution < 1.29 is 0 Å². The van der Waals surface area contributed by atoms with Crippen molar-refractivity contribution in [3.05, 3.63) is 42.6 Å². The minimum atomic E-state index is 0.564. The van der Waals surface area contributed by atoms with E-state index in [0.29, 0.717) is 6.54 Å². The predicted octanol–water partition coefficient (Wildman–Crippen LogP) is 1.08. The maximum Gasteiger partial charge on any atom is 0.0493 e. The quantitative estimate of drug-likeness (QED) is 0.460. The zero-order valence-electron chi connectivity index (χ0n) is 6.88. The van der Waals surface area contributed by atoms with Crippen LogP contribution in [0.15, 0.2) is 42.6 Å². The molecule has 0 amide bonds. The molecule has 0 aromatic heterocycles. The Hall–Kier alpha value is -1.32. The Balaban J connectivity index is 2.47. The largest absolute Gasteiger partial charge is 0.358 e. The van der Waals surface area contributed by atoms with Crippen molar-refractivity contribution in [3.63, 3.8) is 0 Å². The molecule has 0 spiro atoms. The summed E-state index contributed by atoms with van der Waals surface area (Å²) in [4.78, 5) is 0. The summed E-state index contributed by atoms with van der Waals surface area (Å²) in [6.45, 7) is 4.35. The second kappa shape index (κ2) is 4.54. The molecule has 0 unspecified atom stereocenters. The van der Waals surface area contributed by atoms with Gasteiger partial charge in [-0.25, -0.2) is 0 Å². The summed E-state index contributed by atoms with van der Waals surface area (Å²) in [6, 6.07) is 9.84. The van der Waals surface area contributed by atoms with E-state index in [-0.39, 0.29) is 0 Å². The first-order valence-electron chi connectivity index (χ1n) is 3.76. The van der Waals surface area contributed by atoms with Crippen LogP contribution in [0.2, 0.25) is 0 Å². The maximum absolute atomic E-state index is 5.13. The number of para-hydroxylation sites is 1. The van der Waals surface area contributed by atoms with Crippen molar-refractivity contribution in [1.82, 2.24) is 5.43 Å². The highest BCUT2D eigenvalue weighted by Gasteiger charge is 1.91. The van der Waals surface area contributed by atoms with Gasteiger partial charge in [-0.15, -0.1) is 0 Å². The molecule has 64 valence electrons. The molecular weight excluding hydrogens is 150 g/mol. The number of rotatable bonds is 4. The van der Waals surface area contributed by atoms with E-state index in [1.54, 1.807) is 0 Å². The third kappa shape index (κ3) is 2.74. The van der Waals surface area contributed by atoms with Crippen LogP contribution in [0.1, 0.15) is 0 Å². The van der Waals surface area contributed by atoms with Crippen LogP contribution in [-0.2, 0) is 0 Å². The fourth-order valence-corrected chi connectivity index (χ4v) is 0.893. The second-order valence-corrected chi connectivity index (χ2v) is 2.48. The molecule has 1 aromatic rings. The molecule has 1 rings (SSSR count). The number of hydrogen-bond acceptors (Lipinski definition) is 3. The maximum atomic E-state index is 5.13. The molecule has 0 radical (unpaired) electrons. The van der Waals surface area contributed by atoms with Gasteiger partial charge in [-0.2, -0.15) is 0 Å². The number of nitrogens with one attached hydrogen (secondary N) is 2. The number of anilines is 1. The third-order valence-corrected chi connectivity index (χ3v) is 1.41. The summed E-state index contributed by atoms with van der Waals surface area (Å²) in [5, 5.41) is 3.11. The van der Waals surface area contributed by atoms with Gasteiger partial charge < -0.3 is 5.32 Å². The Labute approximate surface area is 72.2 Å². The van der Waals surface area contributed by atoms with E-state index in [0.717, 1.165) is 11.4 Å². The molecule has 0 aliphatic rings. The van der Waals surface area contributed by atoms with Crippen molar-refractivity contribution >= 4 is 5.69 Å². The summed E-state index contributed by atoms with van der Waals surface area (Å²) >= 11 is 0. The molecular formula is C9H13N3. The van der Waals surface area contributed by atoms with Crippen LogP contribution in [-0.4, -0.2) is 6.54 Å². The van der Waals surface area contributed by atoms with Crippen LogP contribution in [0.3, 0.4) is 0 Å². The molecule has 3 nitrogen and oxygen atoms in total. The standard InChI is InChI=1S/C9H13N3/c1-8(7-11-10)12-9-5-3-2-4-6-9/h2-6,11-12H,1,7,10H2. The summed E-state index contributed by atoms with van der Waals surface area (Å²) in [6.07, 6.45) is 0. The van der Waals surface area contributed by atoms with Gasteiger partial charge in [0.2, 0.25) is 0 Å². The average Bonchev–Trinajstić information content (AvgIpc) is 2.06. The third-order valence-electron chi connectivity index (χ3n) is 1.41. The normalized spacial score (nSPS) is 9.42. The Morgan fingerprint density at radius 1 is 1.33 bits per heavy atom. The van der Waals surface area contributed by atoms with E-state index in [4.69, 9.17) is 5.84 Å². The van der Waals surface area contributed by atoms with Crippen LogP contribution in [0, 0.1) is 0 Å². The van der Waals surface area contributed by atoms with Crippen molar-refractivity contribution in [2.75, 3.05) is 11.9 Å². The molecule has 12 heavy (non-hydrogen) atoms.